The van der Waals surface area contributed by atoms with Gasteiger partial charge in [0.1, 0.15) is 5.15 Å². The summed E-state index contributed by atoms with van der Waals surface area (Å²) in [7, 11) is 0. The van der Waals surface area contributed by atoms with Crippen molar-refractivity contribution in [3.63, 3.8) is 0 Å². The SMILES string of the molecule is O=C(NCCc1ccc(Cl)nc1)NCC1(O)CCC1. The Balaban J connectivity index is 1.62. The highest BCUT2D eigenvalue weighted by atomic mass is 35.5. The number of pyridine rings is 1. The van der Waals surface area contributed by atoms with Crippen molar-refractivity contribution in [2.75, 3.05) is 13.1 Å². The summed E-state index contributed by atoms with van der Waals surface area (Å²) in [5, 5.41) is 15.7. The monoisotopic (exact) mass is 283 g/mol. The van der Waals surface area contributed by atoms with Gasteiger partial charge in [-0.25, -0.2) is 9.78 Å². The molecule has 1 heterocycles. The number of aromatic nitrogens is 1. The van der Waals surface area contributed by atoms with E-state index in [4.69, 9.17) is 11.6 Å². The van der Waals surface area contributed by atoms with Crippen molar-refractivity contribution in [3.05, 3.63) is 29.0 Å². The summed E-state index contributed by atoms with van der Waals surface area (Å²) in [6.45, 7) is 0.842. The van der Waals surface area contributed by atoms with Gasteiger partial charge in [0.15, 0.2) is 0 Å². The van der Waals surface area contributed by atoms with Gasteiger partial charge in [-0.05, 0) is 37.3 Å². The predicted molar refractivity (Wildman–Crippen MR) is 73.2 cm³/mol. The van der Waals surface area contributed by atoms with Crippen LogP contribution in [0.1, 0.15) is 24.8 Å². The van der Waals surface area contributed by atoms with Crippen molar-refractivity contribution in [3.8, 4) is 0 Å². The van der Waals surface area contributed by atoms with Crippen LogP contribution >= 0.6 is 11.6 Å². The molecule has 0 unspecified atom stereocenters. The van der Waals surface area contributed by atoms with Crippen molar-refractivity contribution in [2.24, 2.45) is 0 Å². The molecule has 1 saturated carbocycles. The summed E-state index contributed by atoms with van der Waals surface area (Å²) in [6.07, 6.45) is 4.96. The van der Waals surface area contributed by atoms with Gasteiger partial charge in [0.2, 0.25) is 0 Å². The van der Waals surface area contributed by atoms with E-state index in [1.807, 2.05) is 6.07 Å². The van der Waals surface area contributed by atoms with E-state index < -0.39 is 5.60 Å². The minimum Gasteiger partial charge on any atom is -0.388 e. The third-order valence-electron chi connectivity index (χ3n) is 3.35. The summed E-state index contributed by atoms with van der Waals surface area (Å²) in [6, 6.07) is 3.36. The van der Waals surface area contributed by atoms with Gasteiger partial charge in [0.25, 0.3) is 0 Å². The van der Waals surface area contributed by atoms with E-state index in [0.717, 1.165) is 24.8 Å². The van der Waals surface area contributed by atoms with Crippen LogP contribution in [0.2, 0.25) is 5.15 Å². The van der Waals surface area contributed by atoms with Gasteiger partial charge in [-0.15, -0.1) is 0 Å². The van der Waals surface area contributed by atoms with E-state index in [9.17, 15) is 9.90 Å². The number of rotatable bonds is 5. The summed E-state index contributed by atoms with van der Waals surface area (Å²) in [5.74, 6) is 0. The Labute approximate surface area is 117 Å². The molecule has 0 spiro atoms. The zero-order valence-electron chi connectivity index (χ0n) is 10.7. The maximum Gasteiger partial charge on any atom is 0.314 e. The molecule has 0 aliphatic heterocycles. The standard InChI is InChI=1S/C13H18ClN3O2/c14-11-3-2-10(8-16-11)4-7-15-12(18)17-9-13(19)5-1-6-13/h2-3,8,19H,1,4-7,9H2,(H2,15,17,18). The maximum atomic E-state index is 11.5. The molecule has 0 aromatic carbocycles. The average molecular weight is 284 g/mol. The first-order valence-corrected chi connectivity index (χ1v) is 6.80. The summed E-state index contributed by atoms with van der Waals surface area (Å²) >= 11 is 5.68. The van der Waals surface area contributed by atoms with Gasteiger partial charge in [-0.2, -0.15) is 0 Å². The molecule has 0 radical (unpaired) electrons. The first-order chi connectivity index (χ1) is 9.07. The zero-order chi connectivity index (χ0) is 13.7. The molecule has 1 aliphatic carbocycles. The first-order valence-electron chi connectivity index (χ1n) is 6.42. The largest absolute Gasteiger partial charge is 0.388 e. The number of hydrogen-bond acceptors (Lipinski definition) is 3. The molecule has 3 N–H and O–H groups in total. The number of carbonyl (C=O) groups excluding carboxylic acids is 1. The highest BCUT2D eigenvalue weighted by Gasteiger charge is 2.34. The van der Waals surface area contributed by atoms with E-state index >= 15 is 0 Å². The van der Waals surface area contributed by atoms with Crippen LogP contribution in [0.25, 0.3) is 0 Å². The van der Waals surface area contributed by atoms with E-state index in [0.29, 0.717) is 24.7 Å². The van der Waals surface area contributed by atoms with Gasteiger partial charge in [-0.1, -0.05) is 17.7 Å². The number of halogens is 1. The number of nitrogens with one attached hydrogen (secondary N) is 2. The van der Waals surface area contributed by atoms with Crippen LogP contribution in [0.5, 0.6) is 0 Å². The van der Waals surface area contributed by atoms with E-state index in [1.54, 1.807) is 12.3 Å². The Morgan fingerprint density at radius 1 is 1.42 bits per heavy atom. The van der Waals surface area contributed by atoms with Gasteiger partial charge in [-0.3, -0.25) is 0 Å². The van der Waals surface area contributed by atoms with Gasteiger partial charge < -0.3 is 15.7 Å². The van der Waals surface area contributed by atoms with E-state index in [2.05, 4.69) is 15.6 Å². The normalized spacial score (nSPS) is 16.5. The highest BCUT2D eigenvalue weighted by molar-refractivity contribution is 6.29. The van der Waals surface area contributed by atoms with Crippen molar-refractivity contribution >= 4 is 17.6 Å². The second-order valence-corrected chi connectivity index (χ2v) is 5.31. The second-order valence-electron chi connectivity index (χ2n) is 4.93. The molecule has 1 fully saturated rings. The number of urea groups is 1. The molecular formula is C13H18ClN3O2. The summed E-state index contributed by atoms with van der Waals surface area (Å²) in [5.41, 5.74) is 0.333. The van der Waals surface area contributed by atoms with Crippen molar-refractivity contribution in [2.45, 2.75) is 31.3 Å². The minimum absolute atomic E-state index is 0.248. The highest BCUT2D eigenvalue weighted by Crippen LogP contribution is 2.30. The van der Waals surface area contributed by atoms with E-state index in [-0.39, 0.29) is 6.03 Å². The molecule has 1 aliphatic rings. The Morgan fingerprint density at radius 2 is 2.21 bits per heavy atom. The summed E-state index contributed by atoms with van der Waals surface area (Å²) in [4.78, 5) is 15.5. The molecule has 1 aromatic heterocycles. The maximum absolute atomic E-state index is 11.5. The van der Waals surface area contributed by atoms with Crippen LogP contribution < -0.4 is 10.6 Å². The van der Waals surface area contributed by atoms with Crippen LogP contribution in [-0.2, 0) is 6.42 Å². The molecule has 104 valence electrons. The smallest absolute Gasteiger partial charge is 0.314 e. The molecule has 6 heteroatoms. The minimum atomic E-state index is -0.683. The van der Waals surface area contributed by atoms with Crippen molar-refractivity contribution in [1.29, 1.82) is 0 Å². The molecule has 0 atom stereocenters. The number of aliphatic hydroxyl groups is 1. The van der Waals surface area contributed by atoms with Gasteiger partial charge >= 0.3 is 6.03 Å². The fourth-order valence-corrected chi connectivity index (χ4v) is 2.06. The predicted octanol–water partition coefficient (Wildman–Crippen LogP) is 1.49. The molecule has 2 rings (SSSR count). The molecule has 5 nitrogen and oxygen atoms in total. The molecular weight excluding hydrogens is 266 g/mol. The number of nitrogens with zero attached hydrogens (tertiary/aromatic N) is 1. The number of carbonyl (C=O) groups is 1. The Morgan fingerprint density at radius 3 is 2.79 bits per heavy atom. The van der Waals surface area contributed by atoms with Crippen molar-refractivity contribution in [1.82, 2.24) is 15.6 Å². The number of hydrogen-bond donors (Lipinski definition) is 3. The van der Waals surface area contributed by atoms with Crippen LogP contribution in [0, 0.1) is 0 Å². The van der Waals surface area contributed by atoms with Crippen LogP contribution in [0.4, 0.5) is 4.79 Å². The summed E-state index contributed by atoms with van der Waals surface area (Å²) < 4.78 is 0. The third kappa shape index (κ3) is 4.36. The fraction of sp³-hybridized carbons (Fsp3) is 0.538. The Hall–Kier alpha value is -1.33. The Kier molecular flexibility index (Phi) is 4.61. The lowest BCUT2D eigenvalue weighted by atomic mass is 9.80. The third-order valence-corrected chi connectivity index (χ3v) is 3.57. The molecule has 0 bridgehead atoms. The van der Waals surface area contributed by atoms with Crippen LogP contribution in [0.15, 0.2) is 18.3 Å². The zero-order valence-corrected chi connectivity index (χ0v) is 11.4. The van der Waals surface area contributed by atoms with E-state index in [1.165, 1.54) is 0 Å². The second kappa shape index (κ2) is 6.21. The van der Waals surface area contributed by atoms with Crippen molar-refractivity contribution < 1.29 is 9.90 Å². The lowest BCUT2D eigenvalue weighted by Gasteiger charge is -2.36. The van der Waals surface area contributed by atoms with Gasteiger partial charge in [0, 0.05) is 19.3 Å². The average Bonchev–Trinajstić information content (AvgIpc) is 2.36. The molecule has 1 aromatic rings. The Bertz CT molecular complexity index is 432. The molecule has 0 saturated heterocycles. The lowest BCUT2D eigenvalue weighted by Crippen LogP contribution is -2.50. The lowest BCUT2D eigenvalue weighted by molar-refractivity contribution is -0.0290. The fourth-order valence-electron chi connectivity index (χ4n) is 1.94. The molecule has 2 amide bonds. The van der Waals surface area contributed by atoms with Crippen LogP contribution in [-0.4, -0.2) is 34.8 Å². The number of amides is 2. The molecule has 19 heavy (non-hydrogen) atoms. The van der Waals surface area contributed by atoms with Gasteiger partial charge in [0.05, 0.1) is 5.60 Å². The quantitative estimate of drug-likeness (QED) is 0.717. The van der Waals surface area contributed by atoms with Crippen LogP contribution in [0.3, 0.4) is 0 Å². The first kappa shape index (κ1) is 14.1. The topological polar surface area (TPSA) is 74.2 Å².